The minimum Gasteiger partial charge on any atom is -0.455 e. The van der Waals surface area contributed by atoms with Crippen LogP contribution in [-0.2, 0) is 0 Å². The van der Waals surface area contributed by atoms with Crippen molar-refractivity contribution in [2.24, 2.45) is 0 Å². The van der Waals surface area contributed by atoms with Gasteiger partial charge < -0.3 is 4.42 Å². The minimum atomic E-state index is 0.955. The zero-order valence-electron chi connectivity index (χ0n) is 31.9. The van der Waals surface area contributed by atoms with Gasteiger partial charge in [0.2, 0.25) is 0 Å². The molecule has 0 fully saturated rings. The summed E-state index contributed by atoms with van der Waals surface area (Å²) >= 11 is 0. The quantitative estimate of drug-likeness (QED) is 0.127. The maximum Gasteiger partial charge on any atom is 0.143 e. The number of hydrogen-bond acceptors (Lipinski definition) is 1. The first kappa shape index (κ1) is 31.4. The molecule has 270 valence electrons. The van der Waals surface area contributed by atoms with Crippen molar-refractivity contribution in [3.63, 3.8) is 0 Å². The predicted octanol–water partition coefficient (Wildman–Crippen LogP) is 16.7. The van der Waals surface area contributed by atoms with Crippen LogP contribution in [0, 0.1) is 0 Å². The Bertz CT molecular complexity index is 4070. The Kier molecular flexibility index (Phi) is 6.08. The summed E-state index contributed by atoms with van der Waals surface area (Å²) in [7, 11) is 0. The molecule has 14 aromatic rings. The molecular formula is C58H32O. The third-order valence-electron chi connectivity index (χ3n) is 13.4. The van der Waals surface area contributed by atoms with E-state index in [2.05, 4.69) is 194 Å². The van der Waals surface area contributed by atoms with Crippen LogP contribution in [-0.4, -0.2) is 0 Å². The predicted molar refractivity (Wildman–Crippen MR) is 253 cm³/mol. The largest absolute Gasteiger partial charge is 0.455 e. The van der Waals surface area contributed by atoms with Gasteiger partial charge in [0.15, 0.2) is 0 Å². The fourth-order valence-electron chi connectivity index (χ4n) is 10.9. The summed E-state index contributed by atoms with van der Waals surface area (Å²) in [5.74, 6) is 0. The lowest BCUT2D eigenvalue weighted by molar-refractivity contribution is 0.677. The molecule has 0 amide bonds. The first-order valence-electron chi connectivity index (χ1n) is 20.5. The first-order valence-corrected chi connectivity index (χ1v) is 20.5. The van der Waals surface area contributed by atoms with Gasteiger partial charge in [-0.15, -0.1) is 0 Å². The molecule has 13 aromatic carbocycles. The van der Waals surface area contributed by atoms with E-state index in [0.29, 0.717) is 0 Å². The summed E-state index contributed by atoms with van der Waals surface area (Å²) in [6.45, 7) is 0. The highest BCUT2D eigenvalue weighted by Crippen LogP contribution is 2.48. The second kappa shape index (κ2) is 11.4. The summed E-state index contributed by atoms with van der Waals surface area (Å²) < 4.78 is 7.10. The fourth-order valence-corrected chi connectivity index (χ4v) is 10.9. The molecule has 0 spiro atoms. The standard InChI is InChI=1S/C58H32O/c1-2-12-33(13-3-1)35-26-28-48-46-23-11-21-42-36(27-29-49(54(42)46)45-22-10-20-41(35)53(45)48)34-24-25-40-47-30-31-51-56-43-17-7-4-14-37(43)38-15-6-9-19-50(38)57(56)59-58(51)55(47)44-18-8-5-16-39(44)52(40)32-34/h1-32H. The zero-order chi connectivity index (χ0) is 38.3. The molecular weight excluding hydrogens is 713 g/mol. The second-order valence-electron chi connectivity index (χ2n) is 16.2. The lowest BCUT2D eigenvalue weighted by atomic mass is 9.85. The van der Waals surface area contributed by atoms with E-state index in [4.69, 9.17) is 4.42 Å². The van der Waals surface area contributed by atoms with E-state index in [1.807, 2.05) is 0 Å². The second-order valence-corrected chi connectivity index (χ2v) is 16.2. The van der Waals surface area contributed by atoms with E-state index in [1.165, 1.54) is 119 Å². The Hall–Kier alpha value is -7.74. The summed E-state index contributed by atoms with van der Waals surface area (Å²) in [4.78, 5) is 0. The molecule has 0 saturated heterocycles. The highest BCUT2D eigenvalue weighted by molar-refractivity contribution is 6.38. The van der Waals surface area contributed by atoms with Gasteiger partial charge in [-0.05, 0) is 121 Å². The van der Waals surface area contributed by atoms with Crippen molar-refractivity contribution < 1.29 is 4.42 Å². The molecule has 1 heteroatoms. The van der Waals surface area contributed by atoms with Crippen molar-refractivity contribution in [2.75, 3.05) is 0 Å². The summed E-state index contributed by atoms with van der Waals surface area (Å²) in [6.07, 6.45) is 0. The highest BCUT2D eigenvalue weighted by Gasteiger charge is 2.21. The van der Waals surface area contributed by atoms with Crippen molar-refractivity contribution in [1.29, 1.82) is 0 Å². The first-order chi connectivity index (χ1) is 29.3. The monoisotopic (exact) mass is 744 g/mol. The van der Waals surface area contributed by atoms with Crippen LogP contribution in [0.15, 0.2) is 199 Å². The van der Waals surface area contributed by atoms with Crippen LogP contribution in [0.2, 0.25) is 0 Å². The van der Waals surface area contributed by atoms with Gasteiger partial charge >= 0.3 is 0 Å². The zero-order valence-corrected chi connectivity index (χ0v) is 31.9. The average Bonchev–Trinajstić information content (AvgIpc) is 3.71. The van der Waals surface area contributed by atoms with Gasteiger partial charge in [-0.1, -0.05) is 182 Å². The molecule has 14 rings (SSSR count). The maximum atomic E-state index is 7.10. The molecule has 0 unspecified atom stereocenters. The molecule has 0 saturated carbocycles. The Morgan fingerprint density at radius 3 is 1.24 bits per heavy atom. The molecule has 1 aromatic heterocycles. The van der Waals surface area contributed by atoms with Gasteiger partial charge in [0.05, 0.1) is 0 Å². The van der Waals surface area contributed by atoms with E-state index in [0.717, 1.165) is 21.9 Å². The molecule has 0 N–H and O–H groups in total. The van der Waals surface area contributed by atoms with Crippen LogP contribution in [0.3, 0.4) is 0 Å². The molecule has 0 aliphatic rings. The van der Waals surface area contributed by atoms with Crippen LogP contribution in [0.1, 0.15) is 0 Å². The minimum absolute atomic E-state index is 0.955. The van der Waals surface area contributed by atoms with Crippen LogP contribution in [0.4, 0.5) is 0 Å². The van der Waals surface area contributed by atoms with E-state index in [9.17, 15) is 0 Å². The topological polar surface area (TPSA) is 13.1 Å². The maximum absolute atomic E-state index is 7.10. The van der Waals surface area contributed by atoms with Crippen LogP contribution >= 0.6 is 0 Å². The van der Waals surface area contributed by atoms with E-state index >= 15 is 0 Å². The molecule has 0 aliphatic heterocycles. The van der Waals surface area contributed by atoms with Gasteiger partial charge in [-0.25, -0.2) is 0 Å². The van der Waals surface area contributed by atoms with E-state index < -0.39 is 0 Å². The fraction of sp³-hybridized carbons (Fsp3) is 0. The third kappa shape index (κ3) is 4.09. The molecule has 1 nitrogen and oxygen atoms in total. The van der Waals surface area contributed by atoms with E-state index in [1.54, 1.807) is 0 Å². The van der Waals surface area contributed by atoms with Gasteiger partial charge in [-0.2, -0.15) is 0 Å². The third-order valence-corrected chi connectivity index (χ3v) is 13.4. The number of benzene rings is 13. The average molecular weight is 745 g/mol. The van der Waals surface area contributed by atoms with Gasteiger partial charge in [0, 0.05) is 21.5 Å². The Morgan fingerprint density at radius 2 is 0.576 bits per heavy atom. The Morgan fingerprint density at radius 1 is 0.203 bits per heavy atom. The molecule has 0 radical (unpaired) electrons. The Balaban J connectivity index is 1.03. The van der Waals surface area contributed by atoms with Crippen molar-refractivity contribution in [3.05, 3.63) is 194 Å². The number of fused-ring (bicyclic) bond motifs is 17. The normalized spacial score (nSPS) is 12.4. The number of rotatable bonds is 2. The van der Waals surface area contributed by atoms with Gasteiger partial charge in [-0.3, -0.25) is 0 Å². The molecule has 0 aliphatic carbocycles. The number of furan rings is 1. The van der Waals surface area contributed by atoms with Crippen molar-refractivity contribution in [1.82, 2.24) is 0 Å². The Labute approximate surface area is 338 Å². The van der Waals surface area contributed by atoms with Crippen LogP contribution < -0.4 is 0 Å². The van der Waals surface area contributed by atoms with Crippen molar-refractivity contribution in [2.45, 2.75) is 0 Å². The summed E-state index contributed by atoms with van der Waals surface area (Å²) in [6, 6.07) is 71.9. The SMILES string of the molecule is c1ccc(-c2ccc3c4cccc5c(-c6ccc7c(c6)c6ccccc6c6c7ccc7c6oc6c8ccccc8c8ccccc8c76)ccc(c6cccc2c36)c54)cc1. The van der Waals surface area contributed by atoms with Crippen LogP contribution in [0.25, 0.3) is 141 Å². The lowest BCUT2D eigenvalue weighted by Crippen LogP contribution is -1.91. The molecule has 0 atom stereocenters. The van der Waals surface area contributed by atoms with Crippen molar-refractivity contribution in [3.8, 4) is 22.3 Å². The van der Waals surface area contributed by atoms with E-state index in [-0.39, 0.29) is 0 Å². The lowest BCUT2D eigenvalue weighted by Gasteiger charge is -2.18. The van der Waals surface area contributed by atoms with Crippen molar-refractivity contribution >= 4 is 119 Å². The molecule has 59 heavy (non-hydrogen) atoms. The van der Waals surface area contributed by atoms with Gasteiger partial charge in [0.25, 0.3) is 0 Å². The van der Waals surface area contributed by atoms with Crippen LogP contribution in [0.5, 0.6) is 0 Å². The van der Waals surface area contributed by atoms with Gasteiger partial charge in [0.1, 0.15) is 11.2 Å². The molecule has 0 bridgehead atoms. The molecule has 1 heterocycles. The summed E-state index contributed by atoms with van der Waals surface area (Å²) in [5.41, 5.74) is 6.90. The highest BCUT2D eigenvalue weighted by atomic mass is 16.3. The summed E-state index contributed by atoms with van der Waals surface area (Å²) in [5, 5.41) is 25.0. The number of hydrogen-bond donors (Lipinski definition) is 0. The smallest absolute Gasteiger partial charge is 0.143 e.